The van der Waals surface area contributed by atoms with Gasteiger partial charge in [0.2, 0.25) is 11.8 Å². The van der Waals surface area contributed by atoms with Crippen LogP contribution in [-0.4, -0.2) is 57.7 Å². The van der Waals surface area contributed by atoms with Crippen LogP contribution in [0.1, 0.15) is 92.1 Å². The molecule has 2 saturated heterocycles. The first kappa shape index (κ1) is 12.3. The Morgan fingerprint density at radius 3 is 2.82 bits per heavy atom. The number of fused-ring (bicyclic) bond motifs is 1. The first-order valence-corrected chi connectivity index (χ1v) is 11.3. The zero-order valence-corrected chi connectivity index (χ0v) is 20.4. The van der Waals surface area contributed by atoms with Gasteiger partial charge in [0.15, 0.2) is 0 Å². The lowest BCUT2D eigenvalue weighted by molar-refractivity contribution is -0.182. The van der Waals surface area contributed by atoms with Gasteiger partial charge in [0.1, 0.15) is 11.8 Å². The molecule has 8 nitrogen and oxygen atoms in total. The Hall–Kier alpha value is -3.30. The second kappa shape index (κ2) is 9.78. The third-order valence-electron chi connectivity index (χ3n) is 5.39. The Bertz CT molecular complexity index is 2040. The van der Waals surface area contributed by atoms with Crippen LogP contribution in [0.2, 0.25) is 0 Å². The first-order valence-electron chi connectivity index (χ1n) is 20.3. The average Bonchev–Trinajstić information content (AvgIpc) is 3.22. The number of nitrogens with one attached hydrogen (secondary N) is 2. The molecular formula is C29H35FN4O4. The number of hydrogen-bond donors (Lipinski definition) is 2. The molecule has 202 valence electrons. The van der Waals surface area contributed by atoms with Crippen LogP contribution in [0.25, 0.3) is 0 Å². The number of carbonyl (C=O) groups excluding carboxylic acids is 3. The van der Waals surface area contributed by atoms with E-state index in [2.05, 4.69) is 5.32 Å². The van der Waals surface area contributed by atoms with Gasteiger partial charge < -0.3 is 15.0 Å². The number of halogens is 1. The predicted octanol–water partition coefficient (Wildman–Crippen LogP) is 3.59. The minimum absolute atomic E-state index is 0.0194. The van der Waals surface area contributed by atoms with Crippen LogP contribution in [0.15, 0.2) is 36.4 Å². The van der Waals surface area contributed by atoms with Crippen LogP contribution < -0.4 is 10.6 Å². The summed E-state index contributed by atoms with van der Waals surface area (Å²) in [6, 6.07) is 1.08. The van der Waals surface area contributed by atoms with Crippen molar-refractivity contribution in [1.82, 2.24) is 15.1 Å². The van der Waals surface area contributed by atoms with E-state index in [-0.39, 0.29) is 9.80 Å². The van der Waals surface area contributed by atoms with Crippen molar-refractivity contribution in [3.8, 4) is 0 Å². The summed E-state index contributed by atoms with van der Waals surface area (Å²) >= 11 is 0. The fourth-order valence-corrected chi connectivity index (χ4v) is 4.00. The normalized spacial score (nSPS) is 42.0. The number of ether oxygens (including phenoxy) is 1. The van der Waals surface area contributed by atoms with Gasteiger partial charge in [0, 0.05) is 79.1 Å². The Balaban J connectivity index is 1.61. The summed E-state index contributed by atoms with van der Waals surface area (Å²) in [6.07, 6.45) is -7.53. The molecule has 2 aromatic rings. The van der Waals surface area contributed by atoms with Crippen molar-refractivity contribution in [1.29, 1.82) is 0 Å². The SMILES string of the molecule is [2H]C([2H])(Nc1cccc2c1C([2H])([2H])N(C1([2H])C(=O)NC(=O)C([2H])([2H])C1([2H])[2H])C2=O)c1cc(C([2H])([2H])N2C([2H])([2H])C(C)(C)OC(C)(C([2H])([2H])[2H])C2([2H])[2H])ccc1F. The van der Waals surface area contributed by atoms with Gasteiger partial charge in [-0.25, -0.2) is 4.39 Å². The topological polar surface area (TPSA) is 91.0 Å². The highest BCUT2D eigenvalue weighted by Crippen LogP contribution is 2.33. The van der Waals surface area contributed by atoms with Gasteiger partial charge >= 0.3 is 0 Å². The van der Waals surface area contributed by atoms with Crippen LogP contribution >= 0.6 is 0 Å². The van der Waals surface area contributed by atoms with E-state index in [1.807, 2.05) is 0 Å². The second-order valence-corrected chi connectivity index (χ2v) is 9.12. The molecule has 0 saturated carbocycles. The van der Waals surface area contributed by atoms with Crippen LogP contribution in [0, 0.1) is 5.82 Å². The number of benzene rings is 2. The fourth-order valence-electron chi connectivity index (χ4n) is 4.00. The van der Waals surface area contributed by atoms with Crippen molar-refractivity contribution < 1.29 is 48.2 Å². The van der Waals surface area contributed by atoms with Gasteiger partial charge in [-0.1, -0.05) is 12.1 Å². The number of imide groups is 1. The van der Waals surface area contributed by atoms with E-state index in [4.69, 9.17) is 29.4 Å². The smallest absolute Gasteiger partial charge is 0.255 e. The molecule has 9 heteroatoms. The molecular weight excluding hydrogens is 487 g/mol. The molecule has 2 atom stereocenters. The van der Waals surface area contributed by atoms with Crippen molar-refractivity contribution >= 4 is 23.4 Å². The van der Waals surface area contributed by atoms with E-state index >= 15 is 4.39 Å². The van der Waals surface area contributed by atoms with E-state index in [0.717, 1.165) is 45.0 Å². The molecule has 0 aromatic heterocycles. The largest absolute Gasteiger partial charge is 0.381 e. The third kappa shape index (κ3) is 5.44. The van der Waals surface area contributed by atoms with Crippen LogP contribution in [0.3, 0.4) is 0 Å². The summed E-state index contributed by atoms with van der Waals surface area (Å²) in [5.74, 6) is -6.60. The lowest BCUT2D eigenvalue weighted by Crippen LogP contribution is -2.56. The lowest BCUT2D eigenvalue weighted by Gasteiger charge is -2.47. The molecule has 2 fully saturated rings. The summed E-state index contributed by atoms with van der Waals surface area (Å²) in [5.41, 5.74) is -9.06. The fraction of sp³-hybridized carbons (Fsp3) is 0.483. The number of rotatable bonds is 6. The van der Waals surface area contributed by atoms with Crippen molar-refractivity contribution in [2.45, 2.75) is 77.1 Å². The van der Waals surface area contributed by atoms with Crippen LogP contribution in [0.4, 0.5) is 10.1 Å². The molecule has 3 aliphatic rings. The first-order chi connectivity index (χ1) is 24.8. The molecule has 0 radical (unpaired) electrons. The molecule has 0 bridgehead atoms. The molecule has 38 heavy (non-hydrogen) atoms. The average molecular weight is 541 g/mol. The van der Waals surface area contributed by atoms with Crippen LogP contribution in [-0.2, 0) is 33.8 Å². The molecule has 2 unspecified atom stereocenters. The molecule has 2 aromatic carbocycles. The number of piperidine rings is 1. The molecule has 3 aliphatic heterocycles. The van der Waals surface area contributed by atoms with Crippen molar-refractivity contribution in [3.05, 3.63) is 64.5 Å². The maximum Gasteiger partial charge on any atom is 0.255 e. The number of carbonyl (C=O) groups is 3. The van der Waals surface area contributed by atoms with Gasteiger partial charge in [-0.2, -0.15) is 0 Å². The van der Waals surface area contributed by atoms with E-state index in [1.165, 1.54) is 5.32 Å². The molecule has 0 aliphatic carbocycles. The summed E-state index contributed by atoms with van der Waals surface area (Å²) in [6.45, 7) is -17.0. The summed E-state index contributed by atoms with van der Waals surface area (Å²) in [7, 11) is 0. The van der Waals surface area contributed by atoms with Crippen molar-refractivity contribution in [2.75, 3.05) is 18.3 Å². The van der Waals surface area contributed by atoms with Gasteiger partial charge in [-0.05, 0) is 63.8 Å². The van der Waals surface area contributed by atoms with E-state index in [9.17, 15) is 14.4 Å². The molecule has 3 amide bonds. The Kier molecular flexibility index (Phi) is 3.15. The Morgan fingerprint density at radius 2 is 2.03 bits per heavy atom. The number of nitrogens with zero attached hydrogens (tertiary/aromatic N) is 2. The summed E-state index contributed by atoms with van der Waals surface area (Å²) < 4.78 is 175. The lowest BCUT2D eigenvalue weighted by atomic mass is 9.98. The zero-order valence-electron chi connectivity index (χ0n) is 38.4. The predicted molar refractivity (Wildman–Crippen MR) is 141 cm³/mol. The van der Waals surface area contributed by atoms with Gasteiger partial charge in [-0.3, -0.25) is 24.6 Å². The van der Waals surface area contributed by atoms with Gasteiger partial charge in [0.25, 0.3) is 5.91 Å². The van der Waals surface area contributed by atoms with E-state index < -0.39 is 121 Å². The minimum Gasteiger partial charge on any atom is -0.381 e. The van der Waals surface area contributed by atoms with Gasteiger partial charge in [0.05, 0.1) is 18.1 Å². The number of anilines is 1. The number of amides is 3. The third-order valence-corrected chi connectivity index (χ3v) is 5.39. The molecule has 2 N–H and O–H groups in total. The minimum atomic E-state index is -3.88. The zero-order chi connectivity index (χ0) is 43.2. The molecule has 5 rings (SSSR count). The maximum atomic E-state index is 15.6. The maximum absolute atomic E-state index is 15.6. The highest BCUT2D eigenvalue weighted by atomic mass is 19.1. The number of hydrogen-bond acceptors (Lipinski definition) is 6. The van der Waals surface area contributed by atoms with Gasteiger partial charge in [-0.15, -0.1) is 0 Å². The van der Waals surface area contributed by atoms with E-state index in [1.54, 1.807) is 0 Å². The second-order valence-electron chi connectivity index (χ2n) is 9.12. The van der Waals surface area contributed by atoms with Crippen molar-refractivity contribution in [3.63, 3.8) is 0 Å². The standard InChI is InChI=1S/C29H35FN4O4/c1-28(2)16-33(17-29(3,4)38-28)14-18-8-9-22(30)19(12-18)13-31-23-7-5-6-20-21(23)15-34(27(20)37)24-10-11-25(35)32-26(24)36/h5-9,12,24,31H,10-11,13-17H2,1-4H3,(H,32,35,36)/i1D3,10D2,11D2,13D2,14D2,15D2,16D2,17D2,24D. The summed E-state index contributed by atoms with van der Waals surface area (Å²) in [5, 5.41) is 3.64. The van der Waals surface area contributed by atoms with E-state index in [0.29, 0.717) is 12.1 Å². The van der Waals surface area contributed by atoms with Crippen molar-refractivity contribution in [2.24, 2.45) is 0 Å². The Morgan fingerprint density at radius 1 is 1.24 bits per heavy atom. The summed E-state index contributed by atoms with van der Waals surface area (Å²) in [4.78, 5) is 38.7. The number of morpholine rings is 1. The monoisotopic (exact) mass is 540 g/mol. The molecule has 3 heterocycles. The van der Waals surface area contributed by atoms with Crippen LogP contribution in [0.5, 0.6) is 0 Å². The quantitative estimate of drug-likeness (QED) is 0.545. The highest BCUT2D eigenvalue weighted by molar-refractivity contribution is 6.06. The molecule has 0 spiro atoms. The highest BCUT2D eigenvalue weighted by Gasteiger charge is 2.40. The Labute approximate surface area is 247 Å².